The first kappa shape index (κ1) is 15.0. The molecule has 0 bridgehead atoms. The second-order valence-electron chi connectivity index (χ2n) is 4.65. The molecule has 0 saturated carbocycles. The van der Waals surface area contributed by atoms with E-state index < -0.39 is 11.9 Å². The van der Waals surface area contributed by atoms with Gasteiger partial charge in [0, 0.05) is 5.92 Å². The minimum Gasteiger partial charge on any atom is -0.489 e. The predicted molar refractivity (Wildman–Crippen MR) is 72.3 cm³/mol. The summed E-state index contributed by atoms with van der Waals surface area (Å²) in [5, 5.41) is 11.4. The standard InChI is InChI=1S/C14H19NO4/c1-9(2)19-12-7-5-4-6-11(12)15-14(18)10(3)8-13(16)17/h4-7,9-10H,8H2,1-3H3,(H,15,18)(H,16,17). The fourth-order valence-corrected chi connectivity index (χ4v) is 1.54. The number of hydrogen-bond acceptors (Lipinski definition) is 3. The topological polar surface area (TPSA) is 75.6 Å². The SMILES string of the molecule is CC(C)Oc1ccccc1NC(=O)C(C)CC(=O)O. The van der Waals surface area contributed by atoms with Crippen molar-refractivity contribution in [1.29, 1.82) is 0 Å². The Morgan fingerprint density at radius 2 is 1.89 bits per heavy atom. The fraction of sp³-hybridized carbons (Fsp3) is 0.429. The summed E-state index contributed by atoms with van der Waals surface area (Å²) in [6.45, 7) is 5.37. The molecule has 5 nitrogen and oxygen atoms in total. The number of amides is 1. The molecule has 1 aromatic carbocycles. The van der Waals surface area contributed by atoms with Crippen LogP contribution in [-0.4, -0.2) is 23.1 Å². The zero-order chi connectivity index (χ0) is 14.4. The lowest BCUT2D eigenvalue weighted by molar-refractivity contribution is -0.139. The van der Waals surface area contributed by atoms with Crippen LogP contribution < -0.4 is 10.1 Å². The van der Waals surface area contributed by atoms with Crippen molar-refractivity contribution in [2.45, 2.75) is 33.3 Å². The molecule has 1 rings (SSSR count). The van der Waals surface area contributed by atoms with Crippen molar-refractivity contribution in [3.8, 4) is 5.75 Å². The van der Waals surface area contributed by atoms with E-state index in [-0.39, 0.29) is 18.4 Å². The number of benzene rings is 1. The van der Waals surface area contributed by atoms with Crippen LogP contribution >= 0.6 is 0 Å². The molecule has 104 valence electrons. The number of anilines is 1. The molecule has 1 unspecified atom stereocenters. The van der Waals surface area contributed by atoms with E-state index in [2.05, 4.69) is 5.32 Å². The van der Waals surface area contributed by atoms with Gasteiger partial charge in [-0.05, 0) is 26.0 Å². The minimum absolute atomic E-state index is 0.00510. The van der Waals surface area contributed by atoms with Gasteiger partial charge in [-0.15, -0.1) is 0 Å². The highest BCUT2D eigenvalue weighted by atomic mass is 16.5. The van der Waals surface area contributed by atoms with E-state index in [1.165, 1.54) is 0 Å². The van der Waals surface area contributed by atoms with E-state index in [9.17, 15) is 9.59 Å². The maximum atomic E-state index is 11.9. The minimum atomic E-state index is -0.991. The van der Waals surface area contributed by atoms with Gasteiger partial charge in [0.1, 0.15) is 5.75 Å². The summed E-state index contributed by atoms with van der Waals surface area (Å²) >= 11 is 0. The number of hydrogen-bond donors (Lipinski definition) is 2. The fourth-order valence-electron chi connectivity index (χ4n) is 1.54. The monoisotopic (exact) mass is 265 g/mol. The third-order valence-electron chi connectivity index (χ3n) is 2.44. The van der Waals surface area contributed by atoms with E-state index in [1.54, 1.807) is 25.1 Å². The molecule has 0 heterocycles. The summed E-state index contributed by atoms with van der Waals surface area (Å²) in [7, 11) is 0. The lowest BCUT2D eigenvalue weighted by Crippen LogP contribution is -2.23. The summed E-state index contributed by atoms with van der Waals surface area (Å²) in [4.78, 5) is 22.4. The number of aliphatic carboxylic acids is 1. The van der Waals surface area contributed by atoms with Crippen LogP contribution in [0.2, 0.25) is 0 Å². The average molecular weight is 265 g/mol. The second-order valence-corrected chi connectivity index (χ2v) is 4.65. The van der Waals surface area contributed by atoms with Crippen molar-refractivity contribution >= 4 is 17.6 Å². The summed E-state index contributed by atoms with van der Waals surface area (Å²) < 4.78 is 5.58. The molecule has 0 fully saturated rings. The molecule has 0 aliphatic heterocycles. The normalized spacial score (nSPS) is 12.0. The van der Waals surface area contributed by atoms with Gasteiger partial charge in [-0.2, -0.15) is 0 Å². The Kier molecular flexibility index (Phi) is 5.36. The molecule has 0 aromatic heterocycles. The van der Waals surface area contributed by atoms with Crippen molar-refractivity contribution in [2.24, 2.45) is 5.92 Å². The molecule has 5 heteroatoms. The van der Waals surface area contributed by atoms with Crippen LogP contribution in [0.1, 0.15) is 27.2 Å². The molecule has 19 heavy (non-hydrogen) atoms. The Hall–Kier alpha value is -2.04. The van der Waals surface area contributed by atoms with Crippen molar-refractivity contribution in [1.82, 2.24) is 0 Å². The van der Waals surface area contributed by atoms with Crippen LogP contribution in [0, 0.1) is 5.92 Å². The van der Waals surface area contributed by atoms with Crippen LogP contribution in [0.3, 0.4) is 0 Å². The van der Waals surface area contributed by atoms with Crippen molar-refractivity contribution in [3.05, 3.63) is 24.3 Å². The summed E-state index contributed by atoms with van der Waals surface area (Å²) in [5.41, 5.74) is 0.554. The van der Waals surface area contributed by atoms with Gasteiger partial charge in [-0.25, -0.2) is 0 Å². The number of nitrogens with one attached hydrogen (secondary N) is 1. The maximum Gasteiger partial charge on any atom is 0.304 e. The Morgan fingerprint density at radius 3 is 2.47 bits per heavy atom. The first-order valence-corrected chi connectivity index (χ1v) is 6.18. The van der Waals surface area contributed by atoms with Crippen LogP contribution in [0.5, 0.6) is 5.75 Å². The van der Waals surface area contributed by atoms with Gasteiger partial charge < -0.3 is 15.2 Å². The van der Waals surface area contributed by atoms with Gasteiger partial charge in [-0.3, -0.25) is 9.59 Å². The van der Waals surface area contributed by atoms with Crippen LogP contribution in [0.4, 0.5) is 5.69 Å². The maximum absolute atomic E-state index is 11.9. The van der Waals surface area contributed by atoms with E-state index in [4.69, 9.17) is 9.84 Å². The van der Waals surface area contributed by atoms with Gasteiger partial charge in [0.15, 0.2) is 0 Å². The lowest BCUT2D eigenvalue weighted by atomic mass is 10.1. The van der Waals surface area contributed by atoms with Gasteiger partial charge in [-0.1, -0.05) is 19.1 Å². The number of para-hydroxylation sites is 2. The first-order valence-electron chi connectivity index (χ1n) is 6.18. The smallest absolute Gasteiger partial charge is 0.304 e. The van der Waals surface area contributed by atoms with Crippen LogP contribution in [0.15, 0.2) is 24.3 Å². The number of carbonyl (C=O) groups excluding carboxylic acids is 1. The molecule has 1 atom stereocenters. The second kappa shape index (κ2) is 6.78. The number of carboxylic acids is 1. The number of ether oxygens (including phenoxy) is 1. The molecule has 0 spiro atoms. The summed E-state index contributed by atoms with van der Waals surface area (Å²) in [6.07, 6.45) is -0.200. The van der Waals surface area contributed by atoms with E-state index in [0.29, 0.717) is 11.4 Å². The summed E-state index contributed by atoms with van der Waals surface area (Å²) in [6, 6.07) is 7.08. The molecular formula is C14H19NO4. The highest BCUT2D eigenvalue weighted by Crippen LogP contribution is 2.25. The molecule has 0 saturated heterocycles. The molecule has 0 aliphatic carbocycles. The predicted octanol–water partition coefficient (Wildman–Crippen LogP) is 2.52. The van der Waals surface area contributed by atoms with Crippen LogP contribution in [0.25, 0.3) is 0 Å². The Balaban J connectivity index is 2.76. The first-order chi connectivity index (χ1) is 8.90. The quantitative estimate of drug-likeness (QED) is 0.828. The van der Waals surface area contributed by atoms with E-state index in [0.717, 1.165) is 0 Å². The highest BCUT2D eigenvalue weighted by Gasteiger charge is 2.18. The zero-order valence-corrected chi connectivity index (χ0v) is 11.3. The Bertz CT molecular complexity index is 457. The van der Waals surface area contributed by atoms with Gasteiger partial charge in [0.2, 0.25) is 5.91 Å². The number of rotatable bonds is 6. The Labute approximate surface area is 112 Å². The van der Waals surface area contributed by atoms with Gasteiger partial charge in [0.05, 0.1) is 18.2 Å². The molecule has 2 N–H and O–H groups in total. The average Bonchev–Trinajstić information content (AvgIpc) is 2.30. The van der Waals surface area contributed by atoms with Crippen LogP contribution in [-0.2, 0) is 9.59 Å². The van der Waals surface area contributed by atoms with E-state index in [1.807, 2.05) is 19.9 Å². The van der Waals surface area contributed by atoms with Crippen molar-refractivity contribution in [3.63, 3.8) is 0 Å². The zero-order valence-electron chi connectivity index (χ0n) is 11.3. The van der Waals surface area contributed by atoms with Gasteiger partial charge >= 0.3 is 5.97 Å². The molecular weight excluding hydrogens is 246 g/mol. The molecule has 0 radical (unpaired) electrons. The van der Waals surface area contributed by atoms with Crippen molar-refractivity contribution < 1.29 is 19.4 Å². The van der Waals surface area contributed by atoms with E-state index >= 15 is 0 Å². The van der Waals surface area contributed by atoms with Gasteiger partial charge in [0.25, 0.3) is 0 Å². The lowest BCUT2D eigenvalue weighted by Gasteiger charge is -2.16. The molecule has 1 amide bonds. The number of carbonyl (C=O) groups is 2. The van der Waals surface area contributed by atoms with Crippen molar-refractivity contribution in [2.75, 3.05) is 5.32 Å². The number of carboxylic acid groups (broad SMARTS) is 1. The Morgan fingerprint density at radius 1 is 1.26 bits per heavy atom. The third kappa shape index (κ3) is 4.99. The third-order valence-corrected chi connectivity index (χ3v) is 2.44. The largest absolute Gasteiger partial charge is 0.489 e. The summed E-state index contributed by atoms with van der Waals surface area (Å²) in [5.74, 6) is -1.34. The molecule has 1 aromatic rings. The molecule has 0 aliphatic rings. The highest BCUT2D eigenvalue weighted by molar-refractivity contribution is 5.95.